The lowest BCUT2D eigenvalue weighted by atomic mass is 10.1. The zero-order valence-electron chi connectivity index (χ0n) is 12.2. The Balaban J connectivity index is 2.09. The predicted molar refractivity (Wildman–Crippen MR) is 96.4 cm³/mol. The van der Waals surface area contributed by atoms with Gasteiger partial charge in [0, 0.05) is 25.3 Å². The summed E-state index contributed by atoms with van der Waals surface area (Å²) in [7, 11) is 0. The molecule has 2 aromatic rings. The molecule has 0 aliphatic carbocycles. The molecule has 0 fully saturated rings. The summed E-state index contributed by atoms with van der Waals surface area (Å²) in [5.41, 5.74) is 1.16. The van der Waals surface area contributed by atoms with Crippen LogP contribution >= 0.6 is 39.3 Å². The Morgan fingerprint density at radius 2 is 1.81 bits per heavy atom. The molecule has 0 saturated heterocycles. The first-order chi connectivity index (χ1) is 10.1. The summed E-state index contributed by atoms with van der Waals surface area (Å²) in [5.74, 6) is 0. The minimum Gasteiger partial charge on any atom is -0.310 e. The van der Waals surface area contributed by atoms with Crippen molar-refractivity contribution in [3.63, 3.8) is 0 Å². The summed E-state index contributed by atoms with van der Waals surface area (Å²) >= 11 is 11.6. The Morgan fingerprint density at radius 1 is 1.14 bits per heavy atom. The minimum absolute atomic E-state index is 0.282. The Kier molecular flexibility index (Phi) is 6.62. The third-order valence-electron chi connectivity index (χ3n) is 3.19. The lowest BCUT2D eigenvalue weighted by Gasteiger charge is -2.16. The first-order valence-electron chi connectivity index (χ1n) is 7.06. The van der Waals surface area contributed by atoms with Crippen molar-refractivity contribution in [2.45, 2.75) is 36.1 Å². The largest absolute Gasteiger partial charge is 0.310 e. The highest BCUT2D eigenvalue weighted by atomic mass is 79.9. The van der Waals surface area contributed by atoms with Crippen LogP contribution in [0.5, 0.6) is 0 Å². The Morgan fingerprint density at radius 3 is 2.43 bits per heavy atom. The fourth-order valence-corrected chi connectivity index (χ4v) is 3.56. The molecule has 0 aliphatic rings. The fourth-order valence-electron chi connectivity index (χ4n) is 2.03. The van der Waals surface area contributed by atoms with Gasteiger partial charge in [0.25, 0.3) is 0 Å². The van der Waals surface area contributed by atoms with Gasteiger partial charge in [-0.1, -0.05) is 52.3 Å². The van der Waals surface area contributed by atoms with Crippen LogP contribution < -0.4 is 5.32 Å². The van der Waals surface area contributed by atoms with E-state index in [0.29, 0.717) is 0 Å². The third kappa shape index (κ3) is 5.03. The van der Waals surface area contributed by atoms with E-state index in [1.165, 1.54) is 4.90 Å². The number of hydrogen-bond donors (Lipinski definition) is 1. The SMILES string of the molecule is CCCNC(C)c1ccc(Sc2ccc(Br)cc2)cc1Cl. The van der Waals surface area contributed by atoms with Crippen molar-refractivity contribution in [1.82, 2.24) is 5.32 Å². The van der Waals surface area contributed by atoms with Crippen LogP contribution in [0.15, 0.2) is 56.7 Å². The molecule has 0 bridgehead atoms. The molecule has 1 atom stereocenters. The summed E-state index contributed by atoms with van der Waals surface area (Å²) in [5, 5.41) is 4.30. The average molecular weight is 385 g/mol. The maximum absolute atomic E-state index is 6.43. The van der Waals surface area contributed by atoms with Crippen molar-refractivity contribution >= 4 is 39.3 Å². The first kappa shape index (κ1) is 16.9. The van der Waals surface area contributed by atoms with Crippen molar-refractivity contribution in [3.8, 4) is 0 Å². The molecule has 0 aromatic heterocycles. The number of nitrogens with one attached hydrogen (secondary N) is 1. The number of halogens is 2. The zero-order valence-corrected chi connectivity index (χ0v) is 15.4. The van der Waals surface area contributed by atoms with E-state index in [-0.39, 0.29) is 6.04 Å². The van der Waals surface area contributed by atoms with E-state index >= 15 is 0 Å². The monoisotopic (exact) mass is 383 g/mol. The summed E-state index contributed by atoms with van der Waals surface area (Å²) in [6, 6.07) is 14.9. The lowest BCUT2D eigenvalue weighted by Crippen LogP contribution is -2.19. The van der Waals surface area contributed by atoms with Gasteiger partial charge in [-0.25, -0.2) is 0 Å². The molecule has 112 valence electrons. The van der Waals surface area contributed by atoms with Crippen LogP contribution in [0.1, 0.15) is 31.9 Å². The third-order valence-corrected chi connectivity index (χ3v) is 5.04. The second-order valence-electron chi connectivity index (χ2n) is 4.92. The van der Waals surface area contributed by atoms with Crippen molar-refractivity contribution < 1.29 is 0 Å². The molecule has 4 heteroatoms. The highest BCUT2D eigenvalue weighted by Crippen LogP contribution is 2.33. The van der Waals surface area contributed by atoms with Gasteiger partial charge in [-0.3, -0.25) is 0 Å². The standard InChI is InChI=1S/C17H19BrClNS/c1-3-10-20-12(2)16-9-8-15(11-17(16)19)21-14-6-4-13(18)5-7-14/h4-9,11-12,20H,3,10H2,1-2H3. The second-order valence-corrected chi connectivity index (χ2v) is 7.38. The van der Waals surface area contributed by atoms with E-state index < -0.39 is 0 Å². The van der Waals surface area contributed by atoms with E-state index in [4.69, 9.17) is 11.6 Å². The van der Waals surface area contributed by atoms with Crippen LogP contribution in [0.25, 0.3) is 0 Å². The van der Waals surface area contributed by atoms with Crippen LogP contribution in [0, 0.1) is 0 Å². The van der Waals surface area contributed by atoms with Crippen LogP contribution in [-0.2, 0) is 0 Å². The molecule has 2 rings (SSSR count). The Labute approximate surface area is 144 Å². The van der Waals surface area contributed by atoms with E-state index in [1.807, 2.05) is 6.07 Å². The van der Waals surface area contributed by atoms with E-state index in [0.717, 1.165) is 32.9 Å². The second kappa shape index (κ2) is 8.23. The molecule has 0 saturated carbocycles. The summed E-state index contributed by atoms with van der Waals surface area (Å²) in [6.07, 6.45) is 1.12. The molecule has 2 aromatic carbocycles. The summed E-state index contributed by atoms with van der Waals surface area (Å²) < 4.78 is 1.09. The van der Waals surface area contributed by atoms with Gasteiger partial charge in [0.2, 0.25) is 0 Å². The van der Waals surface area contributed by atoms with E-state index in [9.17, 15) is 0 Å². The zero-order chi connectivity index (χ0) is 15.2. The molecule has 1 unspecified atom stereocenters. The predicted octanol–water partition coefficient (Wildman–Crippen LogP) is 6.31. The minimum atomic E-state index is 0.282. The molecule has 0 spiro atoms. The molecule has 0 heterocycles. The normalized spacial score (nSPS) is 12.4. The van der Waals surface area contributed by atoms with Gasteiger partial charge in [-0.15, -0.1) is 0 Å². The van der Waals surface area contributed by atoms with Gasteiger partial charge in [0.05, 0.1) is 0 Å². The first-order valence-corrected chi connectivity index (χ1v) is 9.05. The van der Waals surface area contributed by atoms with Crippen LogP contribution in [0.3, 0.4) is 0 Å². The maximum atomic E-state index is 6.43. The van der Waals surface area contributed by atoms with Crippen LogP contribution in [0.4, 0.5) is 0 Å². The molecule has 1 nitrogen and oxygen atoms in total. The smallest absolute Gasteiger partial charge is 0.0464 e. The summed E-state index contributed by atoms with van der Waals surface area (Å²) in [4.78, 5) is 2.37. The topological polar surface area (TPSA) is 12.0 Å². The molecule has 21 heavy (non-hydrogen) atoms. The van der Waals surface area contributed by atoms with Crippen molar-refractivity contribution in [2.75, 3.05) is 6.54 Å². The van der Waals surface area contributed by atoms with Crippen molar-refractivity contribution in [2.24, 2.45) is 0 Å². The highest BCUT2D eigenvalue weighted by molar-refractivity contribution is 9.10. The maximum Gasteiger partial charge on any atom is 0.0464 e. The van der Waals surface area contributed by atoms with Gasteiger partial charge in [0.15, 0.2) is 0 Å². The fraction of sp³-hybridized carbons (Fsp3) is 0.294. The van der Waals surface area contributed by atoms with E-state index in [1.54, 1.807) is 11.8 Å². The lowest BCUT2D eigenvalue weighted by molar-refractivity contribution is 0.570. The van der Waals surface area contributed by atoms with Crippen molar-refractivity contribution in [1.29, 1.82) is 0 Å². The summed E-state index contributed by atoms with van der Waals surface area (Å²) in [6.45, 7) is 5.32. The quantitative estimate of drug-likeness (QED) is 0.626. The Bertz CT molecular complexity index is 586. The van der Waals surface area contributed by atoms with E-state index in [2.05, 4.69) is 71.5 Å². The Hall–Kier alpha value is -0.480. The molecule has 0 amide bonds. The number of hydrogen-bond acceptors (Lipinski definition) is 2. The molecule has 1 N–H and O–H groups in total. The van der Waals surface area contributed by atoms with Crippen LogP contribution in [-0.4, -0.2) is 6.54 Å². The van der Waals surface area contributed by atoms with Crippen LogP contribution in [0.2, 0.25) is 5.02 Å². The average Bonchev–Trinajstić information content (AvgIpc) is 2.47. The molecular formula is C17H19BrClNS. The van der Waals surface area contributed by atoms with Gasteiger partial charge in [-0.2, -0.15) is 0 Å². The number of rotatable bonds is 6. The van der Waals surface area contributed by atoms with Gasteiger partial charge < -0.3 is 5.32 Å². The molecule has 0 radical (unpaired) electrons. The highest BCUT2D eigenvalue weighted by Gasteiger charge is 2.10. The van der Waals surface area contributed by atoms with Gasteiger partial charge in [-0.05, 0) is 61.9 Å². The van der Waals surface area contributed by atoms with Gasteiger partial charge >= 0.3 is 0 Å². The van der Waals surface area contributed by atoms with Gasteiger partial charge in [0.1, 0.15) is 0 Å². The molecular weight excluding hydrogens is 366 g/mol. The molecule has 0 aliphatic heterocycles. The number of benzene rings is 2. The van der Waals surface area contributed by atoms with Crippen molar-refractivity contribution in [3.05, 3.63) is 57.5 Å².